The minimum absolute atomic E-state index is 0.120. The normalized spacial score (nSPS) is 20.1. The Bertz CT molecular complexity index is 925. The summed E-state index contributed by atoms with van der Waals surface area (Å²) in [4.78, 5) is 19.1. The van der Waals surface area contributed by atoms with Gasteiger partial charge in [0.05, 0.1) is 6.26 Å². The van der Waals surface area contributed by atoms with E-state index in [9.17, 15) is 4.79 Å². The van der Waals surface area contributed by atoms with Crippen LogP contribution in [0.5, 0.6) is 0 Å². The van der Waals surface area contributed by atoms with Gasteiger partial charge in [0.15, 0.2) is 17.3 Å². The Labute approximate surface area is 155 Å². The molecule has 4 heterocycles. The Morgan fingerprint density at radius 1 is 1.19 bits per heavy atom. The molecule has 2 aliphatic rings. The van der Waals surface area contributed by atoms with Crippen molar-refractivity contribution in [3.05, 3.63) is 41.9 Å². The topological polar surface area (TPSA) is 98.4 Å². The van der Waals surface area contributed by atoms with Crippen LogP contribution >= 0.6 is 0 Å². The van der Waals surface area contributed by atoms with Crippen LogP contribution in [-0.4, -0.2) is 39.2 Å². The van der Waals surface area contributed by atoms with Crippen molar-refractivity contribution in [2.45, 2.75) is 38.0 Å². The van der Waals surface area contributed by atoms with E-state index in [-0.39, 0.29) is 5.91 Å². The predicted octanol–water partition coefficient (Wildman–Crippen LogP) is 3.29. The van der Waals surface area contributed by atoms with Crippen LogP contribution in [0, 0.1) is 5.92 Å². The molecule has 0 spiro atoms. The van der Waals surface area contributed by atoms with E-state index in [4.69, 9.17) is 13.5 Å². The van der Waals surface area contributed by atoms with Gasteiger partial charge in [0.25, 0.3) is 5.91 Å². The van der Waals surface area contributed by atoms with Crippen LogP contribution in [0.25, 0.3) is 11.5 Å². The van der Waals surface area contributed by atoms with Gasteiger partial charge in [-0.1, -0.05) is 10.3 Å². The van der Waals surface area contributed by atoms with Crippen molar-refractivity contribution >= 4 is 5.91 Å². The molecule has 27 heavy (non-hydrogen) atoms. The highest BCUT2D eigenvalue weighted by atomic mass is 16.5. The Morgan fingerprint density at radius 2 is 2.11 bits per heavy atom. The maximum absolute atomic E-state index is 12.8. The molecule has 5 rings (SSSR count). The summed E-state index contributed by atoms with van der Waals surface area (Å²) in [7, 11) is 0. The summed E-state index contributed by atoms with van der Waals surface area (Å²) in [5.74, 6) is 3.20. The molecule has 0 aromatic carbocycles. The Morgan fingerprint density at radius 3 is 2.93 bits per heavy atom. The summed E-state index contributed by atoms with van der Waals surface area (Å²) in [5, 5.41) is 7.99. The van der Waals surface area contributed by atoms with Crippen molar-refractivity contribution < 1.29 is 18.3 Å². The lowest BCUT2D eigenvalue weighted by molar-refractivity contribution is 0.0657. The SMILES string of the molecule is O=C(c1cc(-c2ccco2)on1)N1CCCC(Cc2nc(C3CC3)no2)C1. The molecule has 3 aromatic rings. The highest BCUT2D eigenvalue weighted by Gasteiger charge is 2.31. The third-order valence-corrected chi connectivity index (χ3v) is 5.19. The summed E-state index contributed by atoms with van der Waals surface area (Å²) in [6.07, 6.45) is 6.57. The zero-order chi connectivity index (χ0) is 18.2. The summed E-state index contributed by atoms with van der Waals surface area (Å²) >= 11 is 0. The van der Waals surface area contributed by atoms with Crippen molar-refractivity contribution in [3.8, 4) is 11.5 Å². The molecule has 1 amide bonds. The fourth-order valence-corrected chi connectivity index (χ4v) is 3.59. The molecule has 8 nitrogen and oxygen atoms in total. The maximum Gasteiger partial charge on any atom is 0.276 e. The highest BCUT2D eigenvalue weighted by Crippen LogP contribution is 2.38. The van der Waals surface area contributed by atoms with Crippen LogP contribution in [0.15, 0.2) is 37.9 Å². The molecule has 1 saturated heterocycles. The Kier molecular flexibility index (Phi) is 4.03. The molecular formula is C19H20N4O4. The monoisotopic (exact) mass is 368 g/mol. The van der Waals surface area contributed by atoms with E-state index in [0.717, 1.165) is 38.1 Å². The smallest absolute Gasteiger partial charge is 0.276 e. The first-order valence-corrected chi connectivity index (χ1v) is 9.38. The summed E-state index contributed by atoms with van der Waals surface area (Å²) in [6.45, 7) is 1.37. The minimum Gasteiger partial charge on any atom is -0.461 e. The predicted molar refractivity (Wildman–Crippen MR) is 92.8 cm³/mol. The van der Waals surface area contributed by atoms with Crippen molar-refractivity contribution in [2.75, 3.05) is 13.1 Å². The zero-order valence-electron chi connectivity index (χ0n) is 14.8. The molecule has 1 aliphatic heterocycles. The second kappa shape index (κ2) is 6.68. The number of carbonyl (C=O) groups excluding carboxylic acids is 1. The number of amides is 1. The molecule has 1 unspecified atom stereocenters. The minimum atomic E-state index is -0.120. The number of rotatable bonds is 5. The van der Waals surface area contributed by atoms with E-state index >= 15 is 0 Å². The number of furan rings is 1. The molecule has 1 saturated carbocycles. The lowest BCUT2D eigenvalue weighted by Gasteiger charge is -2.31. The third kappa shape index (κ3) is 3.39. The summed E-state index contributed by atoms with van der Waals surface area (Å²) in [6, 6.07) is 5.16. The van der Waals surface area contributed by atoms with Crippen LogP contribution in [-0.2, 0) is 6.42 Å². The average molecular weight is 368 g/mol. The third-order valence-electron chi connectivity index (χ3n) is 5.19. The van der Waals surface area contributed by atoms with Gasteiger partial charge in [0.1, 0.15) is 0 Å². The molecule has 0 bridgehead atoms. The molecule has 3 aromatic heterocycles. The van der Waals surface area contributed by atoms with Gasteiger partial charge in [0.2, 0.25) is 11.7 Å². The molecule has 0 N–H and O–H groups in total. The van der Waals surface area contributed by atoms with Gasteiger partial charge in [-0.05, 0) is 43.7 Å². The van der Waals surface area contributed by atoms with Crippen molar-refractivity contribution in [1.82, 2.24) is 20.2 Å². The van der Waals surface area contributed by atoms with E-state index in [1.165, 1.54) is 0 Å². The van der Waals surface area contributed by atoms with E-state index in [2.05, 4.69) is 15.3 Å². The molecule has 2 fully saturated rings. The van der Waals surface area contributed by atoms with Gasteiger partial charge in [-0.25, -0.2) is 0 Å². The summed E-state index contributed by atoms with van der Waals surface area (Å²) < 4.78 is 15.9. The van der Waals surface area contributed by atoms with Crippen LogP contribution < -0.4 is 0 Å². The molecule has 1 atom stereocenters. The highest BCUT2D eigenvalue weighted by molar-refractivity contribution is 5.93. The lowest BCUT2D eigenvalue weighted by atomic mass is 9.94. The fraction of sp³-hybridized carbons (Fsp3) is 0.474. The van der Waals surface area contributed by atoms with Crippen molar-refractivity contribution in [3.63, 3.8) is 0 Å². The molecular weight excluding hydrogens is 348 g/mol. The van der Waals surface area contributed by atoms with Crippen LogP contribution in [0.4, 0.5) is 0 Å². The largest absolute Gasteiger partial charge is 0.461 e. The summed E-state index contributed by atoms with van der Waals surface area (Å²) in [5.41, 5.74) is 0.302. The van der Waals surface area contributed by atoms with Crippen LogP contribution in [0.1, 0.15) is 53.8 Å². The fourth-order valence-electron chi connectivity index (χ4n) is 3.59. The van der Waals surface area contributed by atoms with Gasteiger partial charge in [-0.3, -0.25) is 4.79 Å². The first kappa shape index (κ1) is 16.3. The van der Waals surface area contributed by atoms with Gasteiger partial charge < -0.3 is 18.4 Å². The first-order chi connectivity index (χ1) is 13.3. The van der Waals surface area contributed by atoms with E-state index in [1.54, 1.807) is 24.5 Å². The molecule has 140 valence electrons. The quantitative estimate of drug-likeness (QED) is 0.681. The van der Waals surface area contributed by atoms with Gasteiger partial charge in [0, 0.05) is 31.5 Å². The first-order valence-electron chi connectivity index (χ1n) is 9.38. The number of nitrogens with zero attached hydrogens (tertiary/aromatic N) is 4. The standard InChI is InChI=1S/C19H20N4O4/c24-19(14-10-16(26-21-14)15-4-2-8-25-15)23-7-1-3-12(11-23)9-17-20-18(22-27-17)13-5-6-13/h2,4,8,10,12-13H,1,3,5-7,9,11H2. The van der Waals surface area contributed by atoms with Gasteiger partial charge in [-0.2, -0.15) is 4.98 Å². The Hall–Kier alpha value is -2.90. The second-order valence-electron chi connectivity index (χ2n) is 7.34. The lowest BCUT2D eigenvalue weighted by Crippen LogP contribution is -2.40. The van der Waals surface area contributed by atoms with E-state index in [0.29, 0.717) is 47.9 Å². The van der Waals surface area contributed by atoms with Crippen LogP contribution in [0.2, 0.25) is 0 Å². The van der Waals surface area contributed by atoms with Gasteiger partial charge in [-0.15, -0.1) is 0 Å². The van der Waals surface area contributed by atoms with E-state index < -0.39 is 0 Å². The molecule has 8 heteroatoms. The zero-order valence-corrected chi connectivity index (χ0v) is 14.8. The van der Waals surface area contributed by atoms with Crippen molar-refractivity contribution in [2.24, 2.45) is 5.92 Å². The number of piperidine rings is 1. The van der Waals surface area contributed by atoms with Crippen LogP contribution in [0.3, 0.4) is 0 Å². The van der Waals surface area contributed by atoms with Gasteiger partial charge >= 0.3 is 0 Å². The number of hydrogen-bond donors (Lipinski definition) is 0. The number of aromatic nitrogens is 3. The second-order valence-corrected chi connectivity index (χ2v) is 7.34. The average Bonchev–Trinajstić information content (AvgIpc) is 3.11. The number of carbonyl (C=O) groups is 1. The Balaban J connectivity index is 1.24. The number of hydrogen-bond acceptors (Lipinski definition) is 7. The van der Waals surface area contributed by atoms with E-state index in [1.807, 2.05) is 4.90 Å². The van der Waals surface area contributed by atoms with Crippen molar-refractivity contribution in [1.29, 1.82) is 0 Å². The number of likely N-dealkylation sites (tertiary alicyclic amines) is 1. The molecule has 1 aliphatic carbocycles. The molecule has 0 radical (unpaired) electrons. The maximum atomic E-state index is 12.8.